The van der Waals surface area contributed by atoms with Gasteiger partial charge in [-0.1, -0.05) is 36.4 Å². The fourth-order valence-electron chi connectivity index (χ4n) is 5.18. The average molecular weight is 661 g/mol. The molecule has 250 valence electrons. The van der Waals surface area contributed by atoms with Crippen LogP contribution in [0.2, 0.25) is 0 Å². The monoisotopic (exact) mass is 660 g/mol. The van der Waals surface area contributed by atoms with Gasteiger partial charge in [-0.3, -0.25) is 14.4 Å². The number of hydrogen-bond acceptors (Lipinski definition) is 6. The van der Waals surface area contributed by atoms with E-state index in [1.165, 1.54) is 24.1 Å². The van der Waals surface area contributed by atoms with Crippen molar-refractivity contribution in [2.75, 3.05) is 26.5 Å². The Morgan fingerprint density at radius 1 is 0.833 bits per heavy atom. The molecule has 0 bridgehead atoms. The minimum absolute atomic E-state index is 0.0911. The van der Waals surface area contributed by atoms with Crippen molar-refractivity contribution in [2.24, 2.45) is 0 Å². The molecule has 0 heterocycles. The molecule has 0 aromatic heterocycles. The number of aryl methyl sites for hydroxylation is 3. The lowest BCUT2D eigenvalue weighted by atomic mass is 9.97. The molecule has 0 spiro atoms. The van der Waals surface area contributed by atoms with Gasteiger partial charge in [0.25, 0.3) is 11.8 Å². The summed E-state index contributed by atoms with van der Waals surface area (Å²) in [5.74, 6) is -1.46. The van der Waals surface area contributed by atoms with Gasteiger partial charge in [-0.2, -0.15) is 13.2 Å². The maximum atomic E-state index is 13.5. The Morgan fingerprint density at radius 3 is 2.08 bits per heavy atom. The fourth-order valence-corrected chi connectivity index (χ4v) is 5.18. The van der Waals surface area contributed by atoms with Crippen LogP contribution in [-0.2, 0) is 22.1 Å². The third-order valence-corrected chi connectivity index (χ3v) is 7.61. The predicted molar refractivity (Wildman–Crippen MR) is 175 cm³/mol. The van der Waals surface area contributed by atoms with Crippen LogP contribution in [-0.4, -0.2) is 49.9 Å². The molecule has 4 aromatic carbocycles. The molecule has 1 N–H and O–H groups in total. The van der Waals surface area contributed by atoms with Crippen LogP contribution in [0.5, 0.6) is 5.75 Å². The lowest BCUT2D eigenvalue weighted by Crippen LogP contribution is -2.24. The molecule has 0 saturated carbocycles. The number of nitrogens with one attached hydrogen (secondary N) is 1. The molecule has 48 heavy (non-hydrogen) atoms. The Bertz CT molecular complexity index is 1830. The molecule has 4 aromatic rings. The standard InChI is InChI=1S/C37H35F3N2O6/c1-22-19-26(36(46)47-5)20-23(2)33(22)48-32(43)12-8-9-24-13-18-31(30(21-24)35(45)42(3)4)41-34(44)29-11-7-6-10-28(29)25-14-16-27(17-15-25)37(38,39)40/h6-7,10-11,13-21H,8-9,12H2,1-5H3,(H,41,44). The lowest BCUT2D eigenvalue weighted by molar-refractivity contribution is -0.137. The summed E-state index contributed by atoms with van der Waals surface area (Å²) in [4.78, 5) is 52.6. The summed E-state index contributed by atoms with van der Waals surface area (Å²) < 4.78 is 49.6. The first-order valence-electron chi connectivity index (χ1n) is 15.0. The number of nitrogens with zero attached hydrogens (tertiary/aromatic N) is 1. The molecule has 8 nitrogen and oxygen atoms in total. The number of hydrogen-bond donors (Lipinski definition) is 1. The minimum Gasteiger partial charge on any atom is -0.465 e. The van der Waals surface area contributed by atoms with Crippen LogP contribution in [0.15, 0.2) is 78.9 Å². The number of halogens is 3. The van der Waals surface area contributed by atoms with Crippen molar-refractivity contribution < 1.29 is 41.8 Å². The third kappa shape index (κ3) is 8.47. The van der Waals surface area contributed by atoms with E-state index >= 15 is 0 Å². The quantitative estimate of drug-likeness (QED) is 0.139. The van der Waals surface area contributed by atoms with Gasteiger partial charge in [0.05, 0.1) is 29.5 Å². The molecule has 0 fully saturated rings. The molecule has 2 amide bonds. The SMILES string of the molecule is COC(=O)c1cc(C)c(OC(=O)CCCc2ccc(NC(=O)c3ccccc3-c3ccc(C(F)(F)F)cc3)c(C(=O)N(C)C)c2)c(C)c1. The Morgan fingerprint density at radius 2 is 1.48 bits per heavy atom. The summed E-state index contributed by atoms with van der Waals surface area (Å²) in [6.45, 7) is 3.47. The number of benzene rings is 4. The second kappa shape index (κ2) is 15.0. The Labute approximate surface area is 276 Å². The van der Waals surface area contributed by atoms with Crippen molar-refractivity contribution in [2.45, 2.75) is 39.3 Å². The third-order valence-electron chi connectivity index (χ3n) is 7.61. The molecule has 0 aliphatic rings. The molecule has 0 aliphatic carbocycles. The zero-order valence-corrected chi connectivity index (χ0v) is 27.2. The molecule has 11 heteroatoms. The van der Waals surface area contributed by atoms with Crippen LogP contribution in [0.25, 0.3) is 11.1 Å². The highest BCUT2D eigenvalue weighted by molar-refractivity contribution is 6.11. The van der Waals surface area contributed by atoms with Crippen LogP contribution >= 0.6 is 0 Å². The average Bonchev–Trinajstić information content (AvgIpc) is 3.05. The summed E-state index contributed by atoms with van der Waals surface area (Å²) in [7, 11) is 4.45. The minimum atomic E-state index is -4.49. The molecule has 0 saturated heterocycles. The fraction of sp³-hybridized carbons (Fsp3) is 0.243. The van der Waals surface area contributed by atoms with Gasteiger partial charge >= 0.3 is 18.1 Å². The van der Waals surface area contributed by atoms with E-state index in [1.54, 1.807) is 82.5 Å². The van der Waals surface area contributed by atoms with Gasteiger partial charge in [-0.05, 0) is 97.0 Å². The van der Waals surface area contributed by atoms with E-state index in [4.69, 9.17) is 9.47 Å². The number of esters is 2. The van der Waals surface area contributed by atoms with Crippen LogP contribution in [0.1, 0.15) is 66.2 Å². The van der Waals surface area contributed by atoms with E-state index < -0.39 is 29.6 Å². The number of ether oxygens (including phenoxy) is 2. The number of anilines is 1. The maximum Gasteiger partial charge on any atom is 0.416 e. The zero-order chi connectivity index (χ0) is 35.2. The number of methoxy groups -OCH3 is 1. The van der Waals surface area contributed by atoms with Gasteiger partial charge in [0, 0.05) is 26.1 Å². The van der Waals surface area contributed by atoms with Gasteiger partial charge in [-0.15, -0.1) is 0 Å². The topological polar surface area (TPSA) is 102 Å². The number of rotatable bonds is 10. The molecular weight excluding hydrogens is 625 g/mol. The van der Waals surface area contributed by atoms with E-state index in [0.717, 1.165) is 17.7 Å². The van der Waals surface area contributed by atoms with Crippen LogP contribution in [0.3, 0.4) is 0 Å². The van der Waals surface area contributed by atoms with Gasteiger partial charge in [0.15, 0.2) is 0 Å². The second-order valence-corrected chi connectivity index (χ2v) is 11.4. The highest BCUT2D eigenvalue weighted by atomic mass is 19.4. The van der Waals surface area contributed by atoms with Gasteiger partial charge in [-0.25, -0.2) is 4.79 Å². The van der Waals surface area contributed by atoms with Crippen molar-refractivity contribution in [3.8, 4) is 16.9 Å². The maximum absolute atomic E-state index is 13.5. The van der Waals surface area contributed by atoms with Crippen LogP contribution in [0.4, 0.5) is 18.9 Å². The Kier molecular flexibility index (Phi) is 11.0. The van der Waals surface area contributed by atoms with E-state index in [0.29, 0.717) is 46.4 Å². The summed E-state index contributed by atoms with van der Waals surface area (Å²) in [6, 6.07) is 19.3. The van der Waals surface area contributed by atoms with Crippen molar-refractivity contribution in [1.29, 1.82) is 0 Å². The van der Waals surface area contributed by atoms with E-state index in [9.17, 15) is 32.3 Å². The van der Waals surface area contributed by atoms with Crippen molar-refractivity contribution in [1.82, 2.24) is 4.90 Å². The first kappa shape index (κ1) is 35.4. The summed E-state index contributed by atoms with van der Waals surface area (Å²) in [5.41, 5.74) is 3.12. The van der Waals surface area contributed by atoms with E-state index in [1.807, 2.05) is 0 Å². The van der Waals surface area contributed by atoms with Gasteiger partial charge in [0.2, 0.25) is 0 Å². The summed E-state index contributed by atoms with van der Waals surface area (Å²) in [5, 5.41) is 2.79. The normalized spacial score (nSPS) is 11.1. The number of alkyl halides is 3. The molecule has 0 aliphatic heterocycles. The molecular formula is C37H35F3N2O6. The predicted octanol–water partition coefficient (Wildman–Crippen LogP) is 7.66. The van der Waals surface area contributed by atoms with Crippen molar-refractivity contribution in [3.63, 3.8) is 0 Å². The van der Waals surface area contributed by atoms with E-state index in [2.05, 4.69) is 5.32 Å². The number of carbonyl (C=O) groups excluding carboxylic acids is 4. The molecule has 0 unspecified atom stereocenters. The van der Waals surface area contributed by atoms with Crippen LogP contribution in [0, 0.1) is 13.8 Å². The highest BCUT2D eigenvalue weighted by Crippen LogP contribution is 2.32. The van der Waals surface area contributed by atoms with Crippen LogP contribution < -0.4 is 10.1 Å². The van der Waals surface area contributed by atoms with Crippen molar-refractivity contribution in [3.05, 3.63) is 118 Å². The lowest BCUT2D eigenvalue weighted by Gasteiger charge is -2.17. The van der Waals surface area contributed by atoms with Gasteiger partial charge < -0.3 is 19.7 Å². The largest absolute Gasteiger partial charge is 0.465 e. The van der Waals surface area contributed by atoms with Gasteiger partial charge in [0.1, 0.15) is 5.75 Å². The summed E-state index contributed by atoms with van der Waals surface area (Å²) >= 11 is 0. The second-order valence-electron chi connectivity index (χ2n) is 11.4. The smallest absolute Gasteiger partial charge is 0.416 e. The highest BCUT2D eigenvalue weighted by Gasteiger charge is 2.30. The Hall–Kier alpha value is -5.45. The zero-order valence-electron chi connectivity index (χ0n) is 27.2. The van der Waals surface area contributed by atoms with E-state index in [-0.39, 0.29) is 29.1 Å². The first-order chi connectivity index (χ1) is 22.7. The first-order valence-corrected chi connectivity index (χ1v) is 15.0. The molecule has 0 radical (unpaired) electrons. The summed E-state index contributed by atoms with van der Waals surface area (Å²) in [6.07, 6.45) is -3.54. The number of carbonyl (C=O) groups is 4. The molecule has 4 rings (SSSR count). The number of amides is 2. The Balaban J connectivity index is 1.48. The molecule has 0 atom stereocenters. The van der Waals surface area contributed by atoms with Crippen molar-refractivity contribution >= 4 is 29.4 Å².